The van der Waals surface area contributed by atoms with Gasteiger partial charge in [-0.2, -0.15) is 0 Å². The first-order valence-corrected chi connectivity index (χ1v) is 13.4. The van der Waals surface area contributed by atoms with E-state index in [0.717, 1.165) is 35.5 Å². The summed E-state index contributed by atoms with van der Waals surface area (Å²) in [6, 6.07) is 12.6. The van der Waals surface area contributed by atoms with Crippen molar-refractivity contribution in [2.24, 2.45) is 5.41 Å². The summed E-state index contributed by atoms with van der Waals surface area (Å²) >= 11 is 0. The smallest absolute Gasteiger partial charge is 0.219 e. The van der Waals surface area contributed by atoms with Crippen LogP contribution in [0.2, 0.25) is 0 Å². The first-order valence-electron chi connectivity index (χ1n) is 13.4. The van der Waals surface area contributed by atoms with Gasteiger partial charge in [0, 0.05) is 18.9 Å². The maximum atomic E-state index is 11.4. The quantitative estimate of drug-likeness (QED) is 0.331. The molecule has 2 rings (SSSR count). The predicted molar refractivity (Wildman–Crippen MR) is 149 cm³/mol. The summed E-state index contributed by atoms with van der Waals surface area (Å²) in [6.45, 7) is 14.9. The lowest BCUT2D eigenvalue weighted by Gasteiger charge is -2.34. The molecule has 2 aromatic carbocycles. The van der Waals surface area contributed by atoms with E-state index in [2.05, 4.69) is 50.4 Å². The highest BCUT2D eigenvalue weighted by molar-refractivity contribution is 5.75. The lowest BCUT2D eigenvalue weighted by Crippen LogP contribution is -2.32. The molecule has 0 heterocycles. The maximum Gasteiger partial charge on any atom is 0.219 e. The molecule has 2 atom stereocenters. The Morgan fingerprint density at radius 1 is 0.892 bits per heavy atom. The van der Waals surface area contributed by atoms with Crippen molar-refractivity contribution >= 4 is 5.91 Å². The summed E-state index contributed by atoms with van der Waals surface area (Å²) in [7, 11) is 1.59. The van der Waals surface area contributed by atoms with Crippen molar-refractivity contribution in [2.45, 2.75) is 91.8 Å². The fourth-order valence-electron chi connectivity index (χ4n) is 4.56. The minimum atomic E-state index is -0.699. The third-order valence-corrected chi connectivity index (χ3v) is 7.47. The van der Waals surface area contributed by atoms with Crippen molar-refractivity contribution in [3.8, 4) is 11.5 Å². The van der Waals surface area contributed by atoms with Gasteiger partial charge in [0.25, 0.3) is 0 Å². The molecule has 0 radical (unpaired) electrons. The molecular weight excluding hydrogens is 466 g/mol. The molecule has 206 valence electrons. The van der Waals surface area contributed by atoms with E-state index in [1.807, 2.05) is 39.8 Å². The normalized spacial score (nSPS) is 13.7. The van der Waals surface area contributed by atoms with Crippen molar-refractivity contribution in [3.05, 3.63) is 58.7 Å². The number of carbonyl (C=O) groups is 1. The van der Waals surface area contributed by atoms with Crippen LogP contribution in [-0.4, -0.2) is 48.6 Å². The average molecular weight is 514 g/mol. The number of rotatable bonds is 13. The van der Waals surface area contributed by atoms with E-state index in [9.17, 15) is 15.0 Å². The molecule has 0 aliphatic heterocycles. The van der Waals surface area contributed by atoms with Crippen LogP contribution < -0.4 is 14.8 Å². The predicted octanol–water partition coefficient (Wildman–Crippen LogP) is 5.46. The van der Waals surface area contributed by atoms with Crippen LogP contribution in [0.25, 0.3) is 0 Å². The van der Waals surface area contributed by atoms with Crippen molar-refractivity contribution in [2.75, 3.05) is 20.3 Å². The summed E-state index contributed by atoms with van der Waals surface area (Å²) < 4.78 is 11.9. The van der Waals surface area contributed by atoms with Crippen LogP contribution in [0.4, 0.5) is 0 Å². The summed E-state index contributed by atoms with van der Waals surface area (Å²) in [4.78, 5) is 11.4. The fourth-order valence-corrected chi connectivity index (χ4v) is 4.56. The molecule has 0 aliphatic rings. The minimum absolute atomic E-state index is 0.0904. The molecule has 0 spiro atoms. The van der Waals surface area contributed by atoms with Gasteiger partial charge in [-0.25, -0.2) is 0 Å². The molecule has 2 aromatic rings. The SMILES string of the molecule is CCC(CC)(c1ccc(OCC(O)CCC(=O)NC)c(C)c1)c1ccc(OCC(O)C(C)(C)C)c(C)c1. The second-order valence-corrected chi connectivity index (χ2v) is 11.1. The third kappa shape index (κ3) is 7.96. The number of amides is 1. The molecule has 0 saturated heterocycles. The molecule has 0 aromatic heterocycles. The number of ether oxygens (including phenoxy) is 2. The Morgan fingerprint density at radius 3 is 1.78 bits per heavy atom. The molecule has 2 unspecified atom stereocenters. The van der Waals surface area contributed by atoms with E-state index >= 15 is 0 Å². The van der Waals surface area contributed by atoms with E-state index in [-0.39, 0.29) is 36.4 Å². The number of hydrogen-bond donors (Lipinski definition) is 3. The second kappa shape index (κ2) is 13.3. The Balaban J connectivity index is 2.21. The summed E-state index contributed by atoms with van der Waals surface area (Å²) in [5, 5.41) is 23.1. The lowest BCUT2D eigenvalue weighted by atomic mass is 9.70. The van der Waals surface area contributed by atoms with E-state index in [0.29, 0.717) is 6.42 Å². The number of benzene rings is 2. The van der Waals surface area contributed by atoms with Gasteiger partial charge in [0.2, 0.25) is 5.91 Å². The van der Waals surface area contributed by atoms with Crippen molar-refractivity contribution in [3.63, 3.8) is 0 Å². The van der Waals surface area contributed by atoms with Crippen molar-refractivity contribution in [1.82, 2.24) is 5.32 Å². The van der Waals surface area contributed by atoms with E-state index in [1.54, 1.807) is 7.05 Å². The zero-order valence-electron chi connectivity index (χ0n) is 24.0. The fraction of sp³-hybridized carbons (Fsp3) is 0.581. The molecule has 37 heavy (non-hydrogen) atoms. The molecule has 3 N–H and O–H groups in total. The Labute approximate surface area is 223 Å². The molecule has 0 bridgehead atoms. The van der Waals surface area contributed by atoms with Gasteiger partial charge in [0.05, 0.1) is 12.2 Å². The Morgan fingerprint density at radius 2 is 1.38 bits per heavy atom. The van der Waals surface area contributed by atoms with Crippen molar-refractivity contribution in [1.29, 1.82) is 0 Å². The molecule has 0 fully saturated rings. The van der Waals surface area contributed by atoms with Gasteiger partial charge < -0.3 is 25.0 Å². The van der Waals surface area contributed by atoms with E-state index in [4.69, 9.17) is 9.47 Å². The second-order valence-electron chi connectivity index (χ2n) is 11.1. The van der Waals surface area contributed by atoms with Gasteiger partial charge in [-0.05, 0) is 72.9 Å². The molecule has 0 aliphatic carbocycles. The number of carbonyl (C=O) groups excluding carboxylic acids is 1. The monoisotopic (exact) mass is 513 g/mol. The summed E-state index contributed by atoms with van der Waals surface area (Å²) in [5.41, 5.74) is 4.12. The number of aliphatic hydroxyl groups excluding tert-OH is 2. The van der Waals surface area contributed by atoms with Crippen LogP contribution >= 0.6 is 0 Å². The Kier molecular flexibility index (Phi) is 11.0. The molecule has 6 heteroatoms. The van der Waals surface area contributed by atoms with Crippen LogP contribution in [0, 0.1) is 19.3 Å². The number of aliphatic hydroxyl groups is 2. The van der Waals surface area contributed by atoms with Crippen LogP contribution in [0.15, 0.2) is 36.4 Å². The van der Waals surface area contributed by atoms with Crippen LogP contribution in [0.5, 0.6) is 11.5 Å². The third-order valence-electron chi connectivity index (χ3n) is 7.47. The zero-order valence-corrected chi connectivity index (χ0v) is 24.0. The van der Waals surface area contributed by atoms with Crippen LogP contribution in [0.1, 0.15) is 82.6 Å². The van der Waals surface area contributed by atoms with Crippen LogP contribution in [-0.2, 0) is 10.2 Å². The van der Waals surface area contributed by atoms with Gasteiger partial charge >= 0.3 is 0 Å². The highest BCUT2D eigenvalue weighted by Gasteiger charge is 2.32. The van der Waals surface area contributed by atoms with E-state index < -0.39 is 12.2 Å². The van der Waals surface area contributed by atoms with Gasteiger partial charge in [-0.3, -0.25) is 4.79 Å². The number of hydrogen-bond acceptors (Lipinski definition) is 5. The molecular formula is C31H47NO5. The highest BCUT2D eigenvalue weighted by atomic mass is 16.5. The molecule has 0 saturated carbocycles. The highest BCUT2D eigenvalue weighted by Crippen LogP contribution is 2.41. The lowest BCUT2D eigenvalue weighted by molar-refractivity contribution is -0.121. The number of aryl methyl sites for hydroxylation is 2. The standard InChI is InChI=1S/C31H47NO5/c1-9-31(10-2,24-12-15-27(22(4)18-24)37-20-28(34)30(5,6)7)23-11-14-26(21(3)17-23)36-19-25(33)13-16-29(35)32-8/h11-12,14-15,17-18,25,28,33-34H,9-10,13,16,19-20H2,1-8H3,(H,32,35). The number of nitrogens with one attached hydrogen (secondary N) is 1. The minimum Gasteiger partial charge on any atom is -0.491 e. The van der Waals surface area contributed by atoms with Gasteiger partial charge in [-0.1, -0.05) is 58.9 Å². The first kappa shape index (κ1) is 30.7. The van der Waals surface area contributed by atoms with Gasteiger partial charge in [-0.15, -0.1) is 0 Å². The largest absolute Gasteiger partial charge is 0.491 e. The maximum absolute atomic E-state index is 11.4. The molecule has 1 amide bonds. The Hall–Kier alpha value is -2.57. The topological polar surface area (TPSA) is 88.0 Å². The van der Waals surface area contributed by atoms with Gasteiger partial charge in [0.1, 0.15) is 24.7 Å². The van der Waals surface area contributed by atoms with E-state index in [1.165, 1.54) is 11.1 Å². The first-order chi connectivity index (χ1) is 17.4. The molecule has 6 nitrogen and oxygen atoms in total. The van der Waals surface area contributed by atoms with Gasteiger partial charge in [0.15, 0.2) is 0 Å². The summed E-state index contributed by atoms with van der Waals surface area (Å²) in [6.07, 6.45) is 1.26. The van der Waals surface area contributed by atoms with Crippen LogP contribution in [0.3, 0.4) is 0 Å². The summed E-state index contributed by atoms with van der Waals surface area (Å²) in [5.74, 6) is 1.44. The zero-order chi connectivity index (χ0) is 27.8. The average Bonchev–Trinajstić information content (AvgIpc) is 2.86. The van der Waals surface area contributed by atoms with Crippen molar-refractivity contribution < 1.29 is 24.5 Å². The Bertz CT molecular complexity index is 1020.